The molecule has 1 aliphatic heterocycles. The molecule has 18 heavy (non-hydrogen) atoms. The van der Waals surface area contributed by atoms with E-state index in [1.807, 2.05) is 13.8 Å². The molecule has 2 atom stereocenters. The second-order valence-electron chi connectivity index (χ2n) is 4.70. The highest BCUT2D eigenvalue weighted by Gasteiger charge is 2.41. The van der Waals surface area contributed by atoms with Gasteiger partial charge in [-0.25, -0.2) is 0 Å². The van der Waals surface area contributed by atoms with Crippen LogP contribution < -0.4 is 10.6 Å². The van der Waals surface area contributed by atoms with Crippen LogP contribution in [0.15, 0.2) is 0 Å². The van der Waals surface area contributed by atoms with Crippen molar-refractivity contribution in [1.29, 1.82) is 0 Å². The van der Waals surface area contributed by atoms with Crippen LogP contribution in [0.2, 0.25) is 0 Å². The van der Waals surface area contributed by atoms with Gasteiger partial charge < -0.3 is 15.4 Å². The Morgan fingerprint density at radius 3 is 2.56 bits per heavy atom. The van der Waals surface area contributed by atoms with Crippen molar-refractivity contribution in [3.63, 3.8) is 0 Å². The summed E-state index contributed by atoms with van der Waals surface area (Å²) in [6.45, 7) is 3.70. The summed E-state index contributed by atoms with van der Waals surface area (Å²) >= 11 is 0. The van der Waals surface area contributed by atoms with Crippen molar-refractivity contribution >= 4 is 5.91 Å². The van der Waals surface area contributed by atoms with Gasteiger partial charge in [0.1, 0.15) is 12.6 Å². The number of halogens is 3. The van der Waals surface area contributed by atoms with Gasteiger partial charge in [-0.05, 0) is 26.7 Å². The molecule has 0 bridgehead atoms. The summed E-state index contributed by atoms with van der Waals surface area (Å²) < 4.78 is 42.2. The lowest BCUT2D eigenvalue weighted by Crippen LogP contribution is -2.54. The standard InChI is InChI=1S/C11H19F3N2O2/c1-7(2)18-6-10(17)16-8-3-4-9(15-5-8)11(12,13)14/h7-9,15H,3-6H2,1-2H3,(H,16,17). The molecule has 0 spiro atoms. The Morgan fingerprint density at radius 1 is 1.44 bits per heavy atom. The second-order valence-corrected chi connectivity index (χ2v) is 4.70. The minimum Gasteiger partial charge on any atom is -0.369 e. The molecule has 2 unspecified atom stereocenters. The van der Waals surface area contributed by atoms with Crippen LogP contribution >= 0.6 is 0 Å². The summed E-state index contributed by atoms with van der Waals surface area (Å²) in [6.07, 6.45) is -3.95. The topological polar surface area (TPSA) is 50.4 Å². The first-order valence-corrected chi connectivity index (χ1v) is 6.00. The highest BCUT2D eigenvalue weighted by Crippen LogP contribution is 2.26. The fourth-order valence-corrected chi connectivity index (χ4v) is 1.77. The van der Waals surface area contributed by atoms with Crippen LogP contribution in [0.25, 0.3) is 0 Å². The minimum absolute atomic E-state index is 0.0144. The summed E-state index contributed by atoms with van der Waals surface area (Å²) in [5.41, 5.74) is 0. The number of nitrogens with one attached hydrogen (secondary N) is 2. The third-order valence-corrected chi connectivity index (χ3v) is 2.72. The van der Waals surface area contributed by atoms with Gasteiger partial charge in [0.15, 0.2) is 0 Å². The number of hydrogen-bond donors (Lipinski definition) is 2. The summed E-state index contributed by atoms with van der Waals surface area (Å²) in [5, 5.41) is 5.05. The molecule has 1 saturated heterocycles. The van der Waals surface area contributed by atoms with Crippen molar-refractivity contribution in [3.8, 4) is 0 Å². The van der Waals surface area contributed by atoms with Gasteiger partial charge in [-0.2, -0.15) is 13.2 Å². The van der Waals surface area contributed by atoms with Crippen LogP contribution in [-0.4, -0.2) is 43.4 Å². The quantitative estimate of drug-likeness (QED) is 0.806. The molecule has 0 aromatic heterocycles. The second kappa shape index (κ2) is 6.38. The van der Waals surface area contributed by atoms with Crippen LogP contribution in [0.3, 0.4) is 0 Å². The molecule has 0 saturated carbocycles. The van der Waals surface area contributed by atoms with E-state index >= 15 is 0 Å². The molecule has 106 valence electrons. The van der Waals surface area contributed by atoms with Gasteiger partial charge in [-0.3, -0.25) is 4.79 Å². The zero-order valence-corrected chi connectivity index (χ0v) is 10.5. The normalized spacial score (nSPS) is 25.2. The molecule has 7 heteroatoms. The van der Waals surface area contributed by atoms with Gasteiger partial charge in [-0.1, -0.05) is 0 Å². The zero-order chi connectivity index (χ0) is 13.8. The molecule has 0 aliphatic carbocycles. The third-order valence-electron chi connectivity index (χ3n) is 2.72. The Balaban J connectivity index is 2.25. The molecule has 1 heterocycles. The Hall–Kier alpha value is -0.820. The van der Waals surface area contributed by atoms with Crippen LogP contribution in [0.5, 0.6) is 0 Å². The largest absolute Gasteiger partial charge is 0.403 e. The average Bonchev–Trinajstić information content (AvgIpc) is 2.26. The maximum absolute atomic E-state index is 12.4. The SMILES string of the molecule is CC(C)OCC(=O)NC1CCC(C(F)(F)F)NC1. The fraction of sp³-hybridized carbons (Fsp3) is 0.909. The number of carbonyl (C=O) groups excluding carboxylic acids is 1. The number of carbonyl (C=O) groups is 1. The first-order chi connectivity index (χ1) is 8.29. The predicted molar refractivity (Wildman–Crippen MR) is 60.1 cm³/mol. The van der Waals surface area contributed by atoms with E-state index < -0.39 is 12.2 Å². The van der Waals surface area contributed by atoms with Crippen molar-refractivity contribution in [2.45, 2.75) is 51.1 Å². The summed E-state index contributed by atoms with van der Waals surface area (Å²) in [6, 6.07) is -1.72. The van der Waals surface area contributed by atoms with Crippen molar-refractivity contribution in [2.75, 3.05) is 13.2 Å². The molecule has 0 radical (unpaired) electrons. The van der Waals surface area contributed by atoms with Crippen molar-refractivity contribution in [2.24, 2.45) is 0 Å². The van der Waals surface area contributed by atoms with E-state index in [2.05, 4.69) is 10.6 Å². The van der Waals surface area contributed by atoms with Crippen LogP contribution in [0.1, 0.15) is 26.7 Å². The molecule has 1 amide bonds. The lowest BCUT2D eigenvalue weighted by atomic mass is 10.0. The van der Waals surface area contributed by atoms with E-state index in [1.54, 1.807) is 0 Å². The van der Waals surface area contributed by atoms with Gasteiger partial charge in [0.2, 0.25) is 5.91 Å². The lowest BCUT2D eigenvalue weighted by molar-refractivity contribution is -0.161. The zero-order valence-electron chi connectivity index (χ0n) is 10.5. The molecule has 1 aliphatic rings. The highest BCUT2D eigenvalue weighted by molar-refractivity contribution is 5.77. The van der Waals surface area contributed by atoms with Crippen LogP contribution in [0, 0.1) is 0 Å². The van der Waals surface area contributed by atoms with E-state index in [1.165, 1.54) is 0 Å². The predicted octanol–water partition coefficient (Wildman–Crippen LogP) is 1.21. The number of piperidine rings is 1. The average molecular weight is 268 g/mol. The number of ether oxygens (including phenoxy) is 1. The maximum Gasteiger partial charge on any atom is 0.403 e. The van der Waals surface area contributed by atoms with E-state index in [0.717, 1.165) is 0 Å². The van der Waals surface area contributed by atoms with Crippen molar-refractivity contribution in [1.82, 2.24) is 10.6 Å². The number of amides is 1. The lowest BCUT2D eigenvalue weighted by Gasteiger charge is -2.31. The number of alkyl halides is 3. The van der Waals surface area contributed by atoms with Gasteiger partial charge in [0, 0.05) is 12.6 Å². The molecule has 1 fully saturated rings. The van der Waals surface area contributed by atoms with E-state index in [4.69, 9.17) is 4.74 Å². The molecule has 4 nitrogen and oxygen atoms in total. The van der Waals surface area contributed by atoms with Gasteiger partial charge in [-0.15, -0.1) is 0 Å². The molecular formula is C11H19F3N2O2. The fourth-order valence-electron chi connectivity index (χ4n) is 1.77. The Labute approximate surface area is 104 Å². The number of rotatable bonds is 4. The third kappa shape index (κ3) is 5.22. The van der Waals surface area contributed by atoms with E-state index in [-0.39, 0.29) is 37.6 Å². The van der Waals surface area contributed by atoms with Crippen LogP contribution in [-0.2, 0) is 9.53 Å². The van der Waals surface area contributed by atoms with Crippen molar-refractivity contribution in [3.05, 3.63) is 0 Å². The molecular weight excluding hydrogens is 249 g/mol. The monoisotopic (exact) mass is 268 g/mol. The summed E-state index contributed by atoms with van der Waals surface area (Å²) in [5.74, 6) is -0.291. The number of hydrogen-bond acceptors (Lipinski definition) is 3. The first-order valence-electron chi connectivity index (χ1n) is 6.00. The van der Waals surface area contributed by atoms with Gasteiger partial charge >= 0.3 is 6.18 Å². The summed E-state index contributed by atoms with van der Waals surface area (Å²) in [7, 11) is 0. The van der Waals surface area contributed by atoms with Crippen molar-refractivity contribution < 1.29 is 22.7 Å². The van der Waals surface area contributed by atoms with Gasteiger partial charge in [0.05, 0.1) is 6.10 Å². The van der Waals surface area contributed by atoms with E-state index in [0.29, 0.717) is 6.42 Å². The highest BCUT2D eigenvalue weighted by atomic mass is 19.4. The Bertz CT molecular complexity index is 274. The molecule has 1 rings (SSSR count). The first kappa shape index (κ1) is 15.2. The van der Waals surface area contributed by atoms with E-state index in [9.17, 15) is 18.0 Å². The molecule has 2 N–H and O–H groups in total. The Morgan fingerprint density at radius 2 is 2.11 bits per heavy atom. The molecule has 0 aromatic rings. The van der Waals surface area contributed by atoms with Crippen LogP contribution in [0.4, 0.5) is 13.2 Å². The Kier molecular flexibility index (Phi) is 5.40. The van der Waals surface area contributed by atoms with Gasteiger partial charge in [0.25, 0.3) is 0 Å². The smallest absolute Gasteiger partial charge is 0.369 e. The summed E-state index contributed by atoms with van der Waals surface area (Å²) in [4.78, 5) is 11.4. The minimum atomic E-state index is -4.21. The molecule has 0 aromatic carbocycles. The maximum atomic E-state index is 12.4.